The van der Waals surface area contributed by atoms with E-state index in [9.17, 15) is 0 Å². The number of furan rings is 1. The maximum Gasteiger partial charge on any atom is 0.105 e. The highest BCUT2D eigenvalue weighted by Gasteiger charge is 2.25. The van der Waals surface area contributed by atoms with Gasteiger partial charge in [0.15, 0.2) is 0 Å². The van der Waals surface area contributed by atoms with Crippen LogP contribution in [0.3, 0.4) is 0 Å². The average Bonchev–Trinajstić information content (AvgIpc) is 2.93. The molecule has 0 spiro atoms. The Morgan fingerprint density at radius 3 is 2.88 bits per heavy atom. The predicted molar refractivity (Wildman–Crippen MR) is 66.4 cm³/mol. The first-order valence-corrected chi connectivity index (χ1v) is 6.56. The van der Waals surface area contributed by atoms with Crippen molar-refractivity contribution in [2.45, 2.75) is 58.0 Å². The first kappa shape index (κ1) is 11.7. The standard InChI is InChI=1S/C14H23NO/c1-3-13(10-12-6-7-12)15-11(2)9-14-5-4-8-16-14/h4-5,8,11-13,15H,3,6-7,9-10H2,1-2H3. The van der Waals surface area contributed by atoms with Crippen molar-refractivity contribution < 1.29 is 4.42 Å². The van der Waals surface area contributed by atoms with E-state index in [0.29, 0.717) is 12.1 Å². The molecule has 0 aliphatic heterocycles. The Bertz CT molecular complexity index is 290. The van der Waals surface area contributed by atoms with Gasteiger partial charge in [0.25, 0.3) is 0 Å². The molecule has 2 heteroatoms. The highest BCUT2D eigenvalue weighted by atomic mass is 16.3. The van der Waals surface area contributed by atoms with Gasteiger partial charge in [0.2, 0.25) is 0 Å². The summed E-state index contributed by atoms with van der Waals surface area (Å²) in [6.45, 7) is 4.53. The second-order valence-electron chi connectivity index (χ2n) is 5.14. The Kier molecular flexibility index (Phi) is 4.05. The average molecular weight is 221 g/mol. The van der Waals surface area contributed by atoms with E-state index in [1.165, 1.54) is 25.7 Å². The molecular formula is C14H23NO. The molecule has 1 saturated carbocycles. The Labute approximate surface area is 98.4 Å². The minimum absolute atomic E-state index is 0.509. The molecule has 0 saturated heterocycles. The van der Waals surface area contributed by atoms with E-state index in [1.807, 2.05) is 6.07 Å². The van der Waals surface area contributed by atoms with E-state index in [1.54, 1.807) is 6.26 Å². The fraction of sp³-hybridized carbons (Fsp3) is 0.714. The van der Waals surface area contributed by atoms with Crippen molar-refractivity contribution in [3.63, 3.8) is 0 Å². The minimum atomic E-state index is 0.509. The van der Waals surface area contributed by atoms with Gasteiger partial charge in [-0.25, -0.2) is 0 Å². The van der Waals surface area contributed by atoms with Crippen LogP contribution >= 0.6 is 0 Å². The van der Waals surface area contributed by atoms with Crippen molar-refractivity contribution in [3.05, 3.63) is 24.2 Å². The van der Waals surface area contributed by atoms with Gasteiger partial charge >= 0.3 is 0 Å². The highest BCUT2D eigenvalue weighted by Crippen LogP contribution is 2.34. The molecule has 90 valence electrons. The molecule has 0 bridgehead atoms. The van der Waals surface area contributed by atoms with E-state index in [0.717, 1.165) is 18.1 Å². The molecule has 16 heavy (non-hydrogen) atoms. The summed E-state index contributed by atoms with van der Waals surface area (Å²) in [6, 6.07) is 5.22. The van der Waals surface area contributed by atoms with Crippen molar-refractivity contribution in [2.75, 3.05) is 0 Å². The monoisotopic (exact) mass is 221 g/mol. The smallest absolute Gasteiger partial charge is 0.105 e. The van der Waals surface area contributed by atoms with E-state index in [2.05, 4.69) is 25.2 Å². The third-order valence-corrected chi connectivity index (χ3v) is 3.42. The molecule has 2 rings (SSSR count). The van der Waals surface area contributed by atoms with Gasteiger partial charge in [-0.3, -0.25) is 0 Å². The lowest BCUT2D eigenvalue weighted by molar-refractivity contribution is 0.379. The molecule has 1 heterocycles. The van der Waals surface area contributed by atoms with Crippen LogP contribution in [0.5, 0.6) is 0 Å². The van der Waals surface area contributed by atoms with Crippen molar-refractivity contribution in [3.8, 4) is 0 Å². The summed E-state index contributed by atoms with van der Waals surface area (Å²) in [5, 5.41) is 3.72. The molecule has 2 atom stereocenters. The van der Waals surface area contributed by atoms with Crippen LogP contribution in [0, 0.1) is 5.92 Å². The summed E-state index contributed by atoms with van der Waals surface area (Å²) in [4.78, 5) is 0. The van der Waals surface area contributed by atoms with Gasteiger partial charge in [-0.2, -0.15) is 0 Å². The SMILES string of the molecule is CCC(CC1CC1)NC(C)Cc1ccco1. The number of rotatable bonds is 7. The molecule has 2 nitrogen and oxygen atoms in total. The summed E-state index contributed by atoms with van der Waals surface area (Å²) in [5.41, 5.74) is 0. The fourth-order valence-electron chi connectivity index (χ4n) is 2.30. The molecular weight excluding hydrogens is 198 g/mol. The van der Waals surface area contributed by atoms with Gasteiger partial charge in [-0.05, 0) is 37.8 Å². The lowest BCUT2D eigenvalue weighted by Gasteiger charge is -2.21. The zero-order valence-corrected chi connectivity index (χ0v) is 10.4. The van der Waals surface area contributed by atoms with Gasteiger partial charge in [0.1, 0.15) is 5.76 Å². The maximum atomic E-state index is 5.37. The Balaban J connectivity index is 1.73. The summed E-state index contributed by atoms with van der Waals surface area (Å²) in [7, 11) is 0. The molecule has 1 fully saturated rings. The van der Waals surface area contributed by atoms with Crippen LogP contribution < -0.4 is 5.32 Å². The summed E-state index contributed by atoms with van der Waals surface area (Å²) in [6.07, 6.45) is 8.24. The molecule has 1 aromatic heterocycles. The quantitative estimate of drug-likeness (QED) is 0.763. The van der Waals surface area contributed by atoms with Crippen LogP contribution in [0.4, 0.5) is 0 Å². The number of hydrogen-bond donors (Lipinski definition) is 1. The predicted octanol–water partition coefficient (Wildman–Crippen LogP) is 3.38. The summed E-state index contributed by atoms with van der Waals surface area (Å²) >= 11 is 0. The zero-order valence-electron chi connectivity index (χ0n) is 10.4. The van der Waals surface area contributed by atoms with Crippen LogP contribution in [0.15, 0.2) is 22.8 Å². The van der Waals surface area contributed by atoms with Gasteiger partial charge in [0, 0.05) is 18.5 Å². The van der Waals surface area contributed by atoms with E-state index in [4.69, 9.17) is 4.42 Å². The van der Waals surface area contributed by atoms with Crippen LogP contribution in [-0.2, 0) is 6.42 Å². The Morgan fingerprint density at radius 1 is 1.50 bits per heavy atom. The summed E-state index contributed by atoms with van der Waals surface area (Å²) < 4.78 is 5.37. The molecule has 1 aliphatic carbocycles. The van der Waals surface area contributed by atoms with Gasteiger partial charge in [0.05, 0.1) is 6.26 Å². The Morgan fingerprint density at radius 2 is 2.31 bits per heavy atom. The van der Waals surface area contributed by atoms with Crippen molar-refractivity contribution >= 4 is 0 Å². The first-order chi connectivity index (χ1) is 7.78. The van der Waals surface area contributed by atoms with Crippen LogP contribution in [-0.4, -0.2) is 12.1 Å². The first-order valence-electron chi connectivity index (χ1n) is 6.56. The zero-order chi connectivity index (χ0) is 11.4. The second-order valence-corrected chi connectivity index (χ2v) is 5.14. The normalized spacial score (nSPS) is 19.6. The largest absolute Gasteiger partial charge is 0.469 e. The van der Waals surface area contributed by atoms with E-state index >= 15 is 0 Å². The van der Waals surface area contributed by atoms with Gasteiger partial charge in [-0.1, -0.05) is 19.8 Å². The molecule has 2 unspecified atom stereocenters. The van der Waals surface area contributed by atoms with Gasteiger partial charge < -0.3 is 9.73 Å². The third kappa shape index (κ3) is 3.67. The second kappa shape index (κ2) is 5.53. The third-order valence-electron chi connectivity index (χ3n) is 3.42. The minimum Gasteiger partial charge on any atom is -0.469 e. The molecule has 0 amide bonds. The lowest BCUT2D eigenvalue weighted by Crippen LogP contribution is -2.37. The molecule has 1 N–H and O–H groups in total. The van der Waals surface area contributed by atoms with E-state index < -0.39 is 0 Å². The fourth-order valence-corrected chi connectivity index (χ4v) is 2.30. The molecule has 0 aromatic carbocycles. The van der Waals surface area contributed by atoms with Gasteiger partial charge in [-0.15, -0.1) is 0 Å². The lowest BCUT2D eigenvalue weighted by atomic mass is 10.1. The summed E-state index contributed by atoms with van der Waals surface area (Å²) in [5.74, 6) is 2.09. The molecule has 1 aliphatic rings. The van der Waals surface area contributed by atoms with Crippen LogP contribution in [0.1, 0.15) is 45.3 Å². The molecule has 1 aromatic rings. The van der Waals surface area contributed by atoms with E-state index in [-0.39, 0.29) is 0 Å². The van der Waals surface area contributed by atoms with Crippen LogP contribution in [0.25, 0.3) is 0 Å². The van der Waals surface area contributed by atoms with Crippen molar-refractivity contribution in [1.29, 1.82) is 0 Å². The molecule has 0 radical (unpaired) electrons. The number of hydrogen-bond acceptors (Lipinski definition) is 2. The highest BCUT2D eigenvalue weighted by molar-refractivity contribution is 5.00. The Hall–Kier alpha value is -0.760. The van der Waals surface area contributed by atoms with Crippen LogP contribution in [0.2, 0.25) is 0 Å². The van der Waals surface area contributed by atoms with Crippen molar-refractivity contribution in [2.24, 2.45) is 5.92 Å². The topological polar surface area (TPSA) is 25.2 Å². The number of nitrogens with one attached hydrogen (secondary N) is 1. The maximum absolute atomic E-state index is 5.37. The van der Waals surface area contributed by atoms with Crippen molar-refractivity contribution in [1.82, 2.24) is 5.32 Å².